The summed E-state index contributed by atoms with van der Waals surface area (Å²) in [7, 11) is 0. The largest absolute Gasteiger partial charge is 0.350 e. The van der Waals surface area contributed by atoms with E-state index in [0.29, 0.717) is 18.0 Å². The predicted octanol–water partition coefficient (Wildman–Crippen LogP) is 2.76. The maximum Gasteiger partial charge on any atom is 0.229 e. The predicted molar refractivity (Wildman–Crippen MR) is 96.7 cm³/mol. The summed E-state index contributed by atoms with van der Waals surface area (Å²) in [6, 6.07) is 3.29. The summed E-state index contributed by atoms with van der Waals surface area (Å²) < 4.78 is 5.46. The average molecular weight is 354 g/mol. The van der Waals surface area contributed by atoms with Crippen LogP contribution < -0.4 is 4.90 Å². The zero-order valence-electron chi connectivity index (χ0n) is 15.1. The molecule has 3 fully saturated rings. The Hall–Kier alpha value is -2.02. The molecule has 2 saturated carbocycles. The van der Waals surface area contributed by atoms with Gasteiger partial charge < -0.3 is 9.42 Å². The van der Waals surface area contributed by atoms with Crippen molar-refractivity contribution in [2.24, 2.45) is 0 Å². The lowest BCUT2D eigenvalue weighted by atomic mass is 9.85. The summed E-state index contributed by atoms with van der Waals surface area (Å²) in [5.41, 5.74) is 0. The van der Waals surface area contributed by atoms with Crippen molar-refractivity contribution in [1.82, 2.24) is 25.0 Å². The van der Waals surface area contributed by atoms with E-state index in [-0.39, 0.29) is 0 Å². The Kier molecular flexibility index (Phi) is 4.32. The smallest absolute Gasteiger partial charge is 0.229 e. The summed E-state index contributed by atoms with van der Waals surface area (Å²) in [4.78, 5) is 18.2. The van der Waals surface area contributed by atoms with Gasteiger partial charge in [-0.3, -0.25) is 4.90 Å². The number of likely N-dealkylation sites (tertiary alicyclic amines) is 1. The van der Waals surface area contributed by atoms with Gasteiger partial charge in [-0.05, 0) is 44.6 Å². The summed E-state index contributed by atoms with van der Waals surface area (Å²) in [6.07, 6.45) is 12.1. The van der Waals surface area contributed by atoms with Crippen molar-refractivity contribution in [3.63, 3.8) is 0 Å². The molecule has 3 heterocycles. The van der Waals surface area contributed by atoms with Gasteiger partial charge >= 0.3 is 0 Å². The van der Waals surface area contributed by atoms with Crippen LogP contribution in [-0.4, -0.2) is 50.2 Å². The van der Waals surface area contributed by atoms with Crippen molar-refractivity contribution < 1.29 is 4.52 Å². The van der Waals surface area contributed by atoms with Gasteiger partial charge in [-0.1, -0.05) is 11.6 Å². The first-order chi connectivity index (χ1) is 12.9. The molecular weight excluding hydrogens is 328 g/mol. The second-order valence-electron chi connectivity index (χ2n) is 7.89. The molecule has 26 heavy (non-hydrogen) atoms. The first kappa shape index (κ1) is 16.2. The van der Waals surface area contributed by atoms with Gasteiger partial charge in [0.15, 0.2) is 5.82 Å². The lowest BCUT2D eigenvalue weighted by Gasteiger charge is -2.39. The molecular formula is C19H26N6O. The van der Waals surface area contributed by atoms with Crippen LogP contribution in [0.4, 0.5) is 5.82 Å². The Morgan fingerprint density at radius 1 is 1.08 bits per heavy atom. The number of nitrogens with zero attached hydrogens (tertiary/aromatic N) is 6. The van der Waals surface area contributed by atoms with Crippen LogP contribution in [0.5, 0.6) is 0 Å². The lowest BCUT2D eigenvalue weighted by Crippen LogP contribution is -2.46. The number of hydrogen-bond acceptors (Lipinski definition) is 7. The van der Waals surface area contributed by atoms with Crippen molar-refractivity contribution >= 4 is 5.82 Å². The van der Waals surface area contributed by atoms with Crippen LogP contribution in [0.3, 0.4) is 0 Å². The molecule has 0 atom stereocenters. The van der Waals surface area contributed by atoms with Crippen LogP contribution in [0.25, 0.3) is 0 Å². The topological polar surface area (TPSA) is 71.2 Å². The first-order valence-corrected chi connectivity index (χ1v) is 9.96. The van der Waals surface area contributed by atoms with Crippen molar-refractivity contribution in [3.8, 4) is 0 Å². The maximum absolute atomic E-state index is 5.46. The molecule has 1 aliphatic heterocycles. The molecule has 7 nitrogen and oxygen atoms in total. The fraction of sp³-hybridized carbons (Fsp3) is 0.684. The van der Waals surface area contributed by atoms with Crippen molar-refractivity contribution in [1.29, 1.82) is 0 Å². The zero-order valence-corrected chi connectivity index (χ0v) is 15.1. The Labute approximate surface area is 153 Å². The molecule has 1 saturated heterocycles. The van der Waals surface area contributed by atoms with Crippen LogP contribution >= 0.6 is 0 Å². The Morgan fingerprint density at radius 3 is 2.54 bits per heavy atom. The van der Waals surface area contributed by atoms with E-state index in [0.717, 1.165) is 50.0 Å². The van der Waals surface area contributed by atoms with Gasteiger partial charge in [0.05, 0.1) is 6.54 Å². The van der Waals surface area contributed by atoms with Gasteiger partial charge in [-0.25, -0.2) is 9.97 Å². The van der Waals surface area contributed by atoms with E-state index < -0.39 is 0 Å². The normalized spacial score (nSPS) is 22.3. The minimum absolute atomic E-state index is 0.516. The highest BCUT2D eigenvalue weighted by molar-refractivity contribution is 5.41. The molecule has 2 aromatic heterocycles. The average Bonchev–Trinajstić information content (AvgIpc) is 3.36. The number of anilines is 1. The number of aromatic nitrogens is 4. The summed E-state index contributed by atoms with van der Waals surface area (Å²) in [5.74, 6) is 3.30. The molecule has 0 radical (unpaired) electrons. The molecule has 138 valence electrons. The zero-order chi connectivity index (χ0) is 17.3. The fourth-order valence-corrected chi connectivity index (χ4v) is 4.17. The molecule has 2 aromatic rings. The minimum Gasteiger partial charge on any atom is -0.350 e. The lowest BCUT2D eigenvalue weighted by molar-refractivity contribution is 0.194. The Bertz CT molecular complexity index is 719. The van der Waals surface area contributed by atoms with Crippen molar-refractivity contribution in [3.05, 3.63) is 30.3 Å². The quantitative estimate of drug-likeness (QED) is 0.790. The first-order valence-electron chi connectivity index (χ1n) is 9.96. The molecule has 0 N–H and O–H groups in total. The van der Waals surface area contributed by atoms with E-state index in [2.05, 4.69) is 29.9 Å². The van der Waals surface area contributed by atoms with Crippen molar-refractivity contribution in [2.75, 3.05) is 18.0 Å². The Morgan fingerprint density at radius 2 is 1.88 bits per heavy atom. The molecule has 5 rings (SSSR count). The highest BCUT2D eigenvalue weighted by Gasteiger charge is 2.36. The van der Waals surface area contributed by atoms with Gasteiger partial charge in [-0.2, -0.15) is 4.98 Å². The molecule has 0 aromatic carbocycles. The standard InChI is InChI=1S/C19H26N6O/c1-2-14(3-1)19-22-17(23-26-19)12-24-10-7-16(8-11-24)25(15-4-5-15)18-6-9-20-13-21-18/h6,9,13-16H,1-5,7-8,10-12H2. The monoisotopic (exact) mass is 354 g/mol. The summed E-state index contributed by atoms with van der Waals surface area (Å²) in [6.45, 7) is 2.96. The Balaban J connectivity index is 1.18. The molecule has 3 aliphatic rings. The molecule has 7 heteroatoms. The van der Waals surface area contributed by atoms with Gasteiger partial charge in [0.1, 0.15) is 12.1 Å². The van der Waals surface area contributed by atoms with Crippen LogP contribution in [0, 0.1) is 0 Å². The third-order valence-corrected chi connectivity index (χ3v) is 6.02. The van der Waals surface area contributed by atoms with E-state index in [1.807, 2.05) is 12.3 Å². The van der Waals surface area contributed by atoms with Crippen LogP contribution in [0.2, 0.25) is 0 Å². The fourth-order valence-electron chi connectivity index (χ4n) is 4.17. The van der Waals surface area contributed by atoms with Gasteiger partial charge in [0, 0.05) is 37.3 Å². The van der Waals surface area contributed by atoms with Crippen molar-refractivity contribution in [2.45, 2.75) is 69.5 Å². The summed E-state index contributed by atoms with van der Waals surface area (Å²) in [5, 5.41) is 4.20. The highest BCUT2D eigenvalue weighted by atomic mass is 16.5. The second kappa shape index (κ2) is 6.95. The van der Waals surface area contributed by atoms with Crippen LogP contribution in [0.15, 0.2) is 23.1 Å². The molecule has 0 bridgehead atoms. The highest BCUT2D eigenvalue weighted by Crippen LogP contribution is 2.36. The second-order valence-corrected chi connectivity index (χ2v) is 7.89. The van der Waals surface area contributed by atoms with Gasteiger partial charge in [0.25, 0.3) is 0 Å². The van der Waals surface area contributed by atoms with E-state index in [4.69, 9.17) is 4.52 Å². The SMILES string of the molecule is c1cc(N(C2CC2)C2CCN(Cc3noc(C4CCC4)n3)CC2)ncn1. The van der Waals surface area contributed by atoms with E-state index in [1.54, 1.807) is 6.33 Å². The van der Waals surface area contributed by atoms with E-state index in [1.165, 1.54) is 32.1 Å². The third kappa shape index (κ3) is 3.32. The summed E-state index contributed by atoms with van der Waals surface area (Å²) >= 11 is 0. The van der Waals surface area contributed by atoms with Crippen LogP contribution in [0.1, 0.15) is 62.6 Å². The third-order valence-electron chi connectivity index (χ3n) is 6.02. The maximum atomic E-state index is 5.46. The van der Waals surface area contributed by atoms with E-state index in [9.17, 15) is 0 Å². The number of piperidine rings is 1. The minimum atomic E-state index is 0.516. The molecule has 0 spiro atoms. The number of hydrogen-bond donors (Lipinski definition) is 0. The molecule has 0 unspecified atom stereocenters. The van der Waals surface area contributed by atoms with Crippen LogP contribution in [-0.2, 0) is 6.54 Å². The molecule has 2 aliphatic carbocycles. The molecule has 0 amide bonds. The van der Waals surface area contributed by atoms with Gasteiger partial charge in [-0.15, -0.1) is 0 Å². The van der Waals surface area contributed by atoms with E-state index >= 15 is 0 Å². The van der Waals surface area contributed by atoms with Gasteiger partial charge in [0.2, 0.25) is 5.89 Å². The number of rotatable bonds is 6.